The lowest BCUT2D eigenvalue weighted by molar-refractivity contribution is -0.130. The smallest absolute Gasteiger partial charge is 0.244 e. The Labute approximate surface area is 109 Å². The Morgan fingerprint density at radius 1 is 1.28 bits per heavy atom. The molecule has 1 amide bonds. The van der Waals surface area contributed by atoms with Crippen LogP contribution in [0.3, 0.4) is 0 Å². The van der Waals surface area contributed by atoms with Crippen molar-refractivity contribution in [3.63, 3.8) is 0 Å². The molecule has 3 N–H and O–H groups in total. The molecule has 0 fully saturated rings. The van der Waals surface area contributed by atoms with Gasteiger partial charge in [0.2, 0.25) is 5.91 Å². The molecule has 100 valence electrons. The van der Waals surface area contributed by atoms with Crippen LogP contribution in [-0.2, 0) is 15.1 Å². The second-order valence-corrected chi connectivity index (χ2v) is 5.29. The Morgan fingerprint density at radius 3 is 2.22 bits per heavy atom. The number of likely N-dealkylation sites (N-methyl/N-ethyl adjacent to an activating group) is 1. The number of carbonyl (C=O) groups excluding carboxylic acids is 1. The molecule has 0 bridgehead atoms. The summed E-state index contributed by atoms with van der Waals surface area (Å²) in [6.45, 7) is 6.03. The van der Waals surface area contributed by atoms with Gasteiger partial charge in [-0.05, 0) is 33.4 Å². The molecule has 0 saturated carbocycles. The summed E-state index contributed by atoms with van der Waals surface area (Å²) in [6.07, 6.45) is 0. The van der Waals surface area contributed by atoms with Crippen LogP contribution in [0.15, 0.2) is 30.3 Å². The van der Waals surface area contributed by atoms with Gasteiger partial charge in [-0.3, -0.25) is 4.79 Å². The summed E-state index contributed by atoms with van der Waals surface area (Å²) in [5.74, 6) is -0.444. The maximum atomic E-state index is 11.8. The van der Waals surface area contributed by atoms with E-state index in [2.05, 4.69) is 5.32 Å². The molecular formula is C14H22N2O2. The lowest BCUT2D eigenvalue weighted by atomic mass is 9.90. The SMILES string of the molecule is CNC(COC(C)(C)C)(C(N)=O)c1ccccc1. The van der Waals surface area contributed by atoms with Crippen LogP contribution >= 0.6 is 0 Å². The molecule has 4 nitrogen and oxygen atoms in total. The molecule has 0 aliphatic carbocycles. The van der Waals surface area contributed by atoms with Crippen molar-refractivity contribution in [1.29, 1.82) is 0 Å². The van der Waals surface area contributed by atoms with Crippen LogP contribution < -0.4 is 11.1 Å². The third-order valence-corrected chi connectivity index (χ3v) is 2.84. The second kappa shape index (κ2) is 5.50. The minimum atomic E-state index is -0.992. The van der Waals surface area contributed by atoms with Crippen LogP contribution in [0.1, 0.15) is 26.3 Å². The number of rotatable bonds is 5. The Balaban J connectivity index is 3.07. The maximum Gasteiger partial charge on any atom is 0.244 e. The molecule has 1 atom stereocenters. The number of hydrogen-bond acceptors (Lipinski definition) is 3. The zero-order valence-electron chi connectivity index (χ0n) is 11.5. The Morgan fingerprint density at radius 2 is 1.83 bits per heavy atom. The normalized spacial score (nSPS) is 15.1. The Kier molecular flexibility index (Phi) is 4.48. The van der Waals surface area contributed by atoms with Crippen LogP contribution in [0.25, 0.3) is 0 Å². The van der Waals surface area contributed by atoms with Gasteiger partial charge in [-0.2, -0.15) is 0 Å². The number of benzene rings is 1. The summed E-state index contributed by atoms with van der Waals surface area (Å²) < 4.78 is 5.74. The molecule has 4 heteroatoms. The van der Waals surface area contributed by atoms with Gasteiger partial charge in [0.25, 0.3) is 0 Å². The molecular weight excluding hydrogens is 228 g/mol. The number of primary amides is 1. The van der Waals surface area contributed by atoms with E-state index in [-0.39, 0.29) is 12.2 Å². The van der Waals surface area contributed by atoms with Crippen molar-refractivity contribution < 1.29 is 9.53 Å². The zero-order valence-corrected chi connectivity index (χ0v) is 11.5. The van der Waals surface area contributed by atoms with Gasteiger partial charge in [0.1, 0.15) is 5.54 Å². The van der Waals surface area contributed by atoms with Crippen molar-refractivity contribution >= 4 is 5.91 Å². The van der Waals surface area contributed by atoms with E-state index in [4.69, 9.17) is 10.5 Å². The van der Waals surface area contributed by atoms with Gasteiger partial charge in [-0.1, -0.05) is 30.3 Å². The topological polar surface area (TPSA) is 64.3 Å². The number of ether oxygens (including phenoxy) is 1. The van der Waals surface area contributed by atoms with E-state index < -0.39 is 11.4 Å². The van der Waals surface area contributed by atoms with Gasteiger partial charge in [0.15, 0.2) is 0 Å². The molecule has 1 aromatic carbocycles. The van der Waals surface area contributed by atoms with E-state index >= 15 is 0 Å². The van der Waals surface area contributed by atoms with Crippen molar-refractivity contribution in [2.24, 2.45) is 5.73 Å². The molecule has 1 rings (SSSR count). The molecule has 0 aliphatic rings. The molecule has 1 aromatic rings. The maximum absolute atomic E-state index is 11.8. The second-order valence-electron chi connectivity index (χ2n) is 5.29. The highest BCUT2D eigenvalue weighted by Gasteiger charge is 2.38. The summed E-state index contributed by atoms with van der Waals surface area (Å²) in [5, 5.41) is 3.00. The van der Waals surface area contributed by atoms with Crippen molar-refractivity contribution in [2.45, 2.75) is 31.9 Å². The summed E-state index contributed by atoms with van der Waals surface area (Å²) in [5.41, 5.74) is 5.05. The van der Waals surface area contributed by atoms with E-state index in [1.165, 1.54) is 0 Å². The van der Waals surface area contributed by atoms with Gasteiger partial charge in [0.05, 0.1) is 12.2 Å². The number of hydrogen-bond donors (Lipinski definition) is 2. The average Bonchev–Trinajstić information content (AvgIpc) is 2.30. The number of nitrogens with two attached hydrogens (primary N) is 1. The highest BCUT2D eigenvalue weighted by molar-refractivity contribution is 5.86. The molecule has 0 heterocycles. The van der Waals surface area contributed by atoms with Crippen LogP contribution in [0.4, 0.5) is 0 Å². The highest BCUT2D eigenvalue weighted by Crippen LogP contribution is 2.23. The third-order valence-electron chi connectivity index (χ3n) is 2.84. The quantitative estimate of drug-likeness (QED) is 0.830. The largest absolute Gasteiger partial charge is 0.373 e. The first kappa shape index (κ1) is 14.7. The van der Waals surface area contributed by atoms with Gasteiger partial charge >= 0.3 is 0 Å². The van der Waals surface area contributed by atoms with Crippen LogP contribution in [0.2, 0.25) is 0 Å². The molecule has 18 heavy (non-hydrogen) atoms. The fourth-order valence-corrected chi connectivity index (χ4v) is 1.68. The third kappa shape index (κ3) is 3.31. The fraction of sp³-hybridized carbons (Fsp3) is 0.500. The van der Waals surface area contributed by atoms with E-state index in [1.807, 2.05) is 51.1 Å². The predicted molar refractivity (Wildman–Crippen MR) is 72.1 cm³/mol. The van der Waals surface area contributed by atoms with Gasteiger partial charge in [-0.15, -0.1) is 0 Å². The minimum Gasteiger partial charge on any atom is -0.373 e. The van der Waals surface area contributed by atoms with Gasteiger partial charge in [-0.25, -0.2) is 0 Å². The van der Waals surface area contributed by atoms with Crippen LogP contribution in [0, 0.1) is 0 Å². The predicted octanol–water partition coefficient (Wildman–Crippen LogP) is 1.40. The fourth-order valence-electron chi connectivity index (χ4n) is 1.68. The zero-order chi connectivity index (χ0) is 13.8. The van der Waals surface area contributed by atoms with Crippen LogP contribution in [0.5, 0.6) is 0 Å². The first-order valence-corrected chi connectivity index (χ1v) is 6.00. The average molecular weight is 250 g/mol. The standard InChI is InChI=1S/C14H22N2O2/c1-13(2,3)18-10-14(16-4,12(15)17)11-8-6-5-7-9-11/h5-9,16H,10H2,1-4H3,(H2,15,17). The highest BCUT2D eigenvalue weighted by atomic mass is 16.5. The summed E-state index contributed by atoms with van der Waals surface area (Å²) in [7, 11) is 1.71. The molecule has 0 spiro atoms. The monoisotopic (exact) mass is 250 g/mol. The van der Waals surface area contributed by atoms with Crippen molar-refractivity contribution in [1.82, 2.24) is 5.32 Å². The van der Waals surface area contributed by atoms with Crippen LogP contribution in [-0.4, -0.2) is 25.2 Å². The minimum absolute atomic E-state index is 0.201. The molecule has 0 aromatic heterocycles. The first-order chi connectivity index (χ1) is 8.32. The summed E-state index contributed by atoms with van der Waals surface area (Å²) in [4.78, 5) is 11.8. The molecule has 0 saturated heterocycles. The van der Waals surface area contributed by atoms with Gasteiger partial charge in [0, 0.05) is 0 Å². The van der Waals surface area contributed by atoms with Crippen molar-refractivity contribution in [3.05, 3.63) is 35.9 Å². The lowest BCUT2D eigenvalue weighted by Crippen LogP contribution is -2.55. The van der Waals surface area contributed by atoms with E-state index in [1.54, 1.807) is 7.05 Å². The first-order valence-electron chi connectivity index (χ1n) is 6.00. The van der Waals surface area contributed by atoms with E-state index in [0.717, 1.165) is 5.56 Å². The van der Waals surface area contributed by atoms with Gasteiger partial charge < -0.3 is 15.8 Å². The van der Waals surface area contributed by atoms with E-state index in [0.29, 0.717) is 0 Å². The van der Waals surface area contributed by atoms with Crippen molar-refractivity contribution in [3.8, 4) is 0 Å². The number of carbonyl (C=O) groups is 1. The van der Waals surface area contributed by atoms with E-state index in [9.17, 15) is 4.79 Å². The summed E-state index contributed by atoms with van der Waals surface area (Å²) in [6, 6.07) is 9.39. The Hall–Kier alpha value is -1.39. The van der Waals surface area contributed by atoms with Crippen molar-refractivity contribution in [2.75, 3.05) is 13.7 Å². The number of nitrogens with one attached hydrogen (secondary N) is 1. The Bertz CT molecular complexity index is 398. The molecule has 0 radical (unpaired) electrons. The molecule has 0 aliphatic heterocycles. The lowest BCUT2D eigenvalue weighted by Gasteiger charge is -2.33. The summed E-state index contributed by atoms with van der Waals surface area (Å²) >= 11 is 0. The molecule has 1 unspecified atom stereocenters. The number of amides is 1.